The predicted molar refractivity (Wildman–Crippen MR) is 144 cm³/mol. The zero-order valence-electron chi connectivity index (χ0n) is 22.6. The fourth-order valence-corrected chi connectivity index (χ4v) is 7.01. The number of carbonyl (C=O) groups is 3. The van der Waals surface area contributed by atoms with Gasteiger partial charge in [0.1, 0.15) is 18.2 Å². The van der Waals surface area contributed by atoms with Crippen molar-refractivity contribution < 1.29 is 27.9 Å². The molecule has 2 heterocycles. The van der Waals surface area contributed by atoms with Gasteiger partial charge >= 0.3 is 11.9 Å². The SMILES string of the molecule is COC(=O)c1nc2cc(NC(=O)[C@@H]3[C@H](C4CCCCC4)CCN3C(=O)C3CCC([C@H](N)CF)CC3)ccc2o1. The minimum absolute atomic E-state index is 0.0374. The predicted octanol–water partition coefficient (Wildman–Crippen LogP) is 4.45. The highest BCUT2D eigenvalue weighted by atomic mass is 19.1. The Labute approximate surface area is 228 Å². The Morgan fingerprint density at radius 2 is 1.87 bits per heavy atom. The molecule has 3 atom stereocenters. The lowest BCUT2D eigenvalue weighted by Crippen LogP contribution is -2.50. The van der Waals surface area contributed by atoms with Crippen LogP contribution < -0.4 is 11.1 Å². The van der Waals surface area contributed by atoms with Gasteiger partial charge in [-0.15, -0.1) is 0 Å². The quantitative estimate of drug-likeness (QED) is 0.495. The summed E-state index contributed by atoms with van der Waals surface area (Å²) in [5.74, 6) is -0.486. The van der Waals surface area contributed by atoms with Gasteiger partial charge in [0.2, 0.25) is 11.8 Å². The highest BCUT2D eigenvalue weighted by Crippen LogP contribution is 2.41. The monoisotopic (exact) mass is 542 g/mol. The first-order valence-electron chi connectivity index (χ1n) is 14.3. The molecule has 0 bridgehead atoms. The van der Waals surface area contributed by atoms with Crippen LogP contribution in [-0.4, -0.2) is 60.1 Å². The van der Waals surface area contributed by atoms with Crippen LogP contribution in [0.15, 0.2) is 22.6 Å². The van der Waals surface area contributed by atoms with E-state index in [-0.39, 0.29) is 35.5 Å². The largest absolute Gasteiger partial charge is 0.462 e. The number of rotatable bonds is 7. The van der Waals surface area contributed by atoms with E-state index in [9.17, 15) is 18.8 Å². The van der Waals surface area contributed by atoms with Crippen LogP contribution in [0.1, 0.15) is 74.9 Å². The molecule has 0 unspecified atom stereocenters. The molecule has 39 heavy (non-hydrogen) atoms. The lowest BCUT2D eigenvalue weighted by molar-refractivity contribution is -0.142. The summed E-state index contributed by atoms with van der Waals surface area (Å²) >= 11 is 0. The maximum atomic E-state index is 13.9. The Hall–Kier alpha value is -3.01. The fourth-order valence-electron chi connectivity index (χ4n) is 7.01. The van der Waals surface area contributed by atoms with Crippen LogP contribution in [0.4, 0.5) is 10.1 Å². The Balaban J connectivity index is 1.34. The molecule has 5 rings (SSSR count). The van der Waals surface area contributed by atoms with Gasteiger partial charge in [0.05, 0.1) is 7.11 Å². The van der Waals surface area contributed by atoms with Gasteiger partial charge in [-0.05, 0) is 68.1 Å². The van der Waals surface area contributed by atoms with E-state index in [1.807, 2.05) is 4.90 Å². The minimum atomic E-state index is -0.673. The smallest absolute Gasteiger partial charge is 0.394 e. The van der Waals surface area contributed by atoms with Crippen LogP contribution in [0.2, 0.25) is 0 Å². The maximum Gasteiger partial charge on any atom is 0.394 e. The summed E-state index contributed by atoms with van der Waals surface area (Å²) in [7, 11) is 1.25. The van der Waals surface area contributed by atoms with Gasteiger partial charge in [0.15, 0.2) is 5.58 Å². The number of nitrogens with one attached hydrogen (secondary N) is 1. The van der Waals surface area contributed by atoms with E-state index in [0.717, 1.165) is 44.9 Å². The van der Waals surface area contributed by atoms with E-state index in [2.05, 4.69) is 15.0 Å². The van der Waals surface area contributed by atoms with Gasteiger partial charge < -0.3 is 25.1 Å². The third-order valence-corrected chi connectivity index (χ3v) is 9.17. The number of oxazole rings is 1. The van der Waals surface area contributed by atoms with Gasteiger partial charge in [0.25, 0.3) is 0 Å². The highest BCUT2D eigenvalue weighted by molar-refractivity contribution is 5.99. The molecule has 0 spiro atoms. The second-order valence-corrected chi connectivity index (χ2v) is 11.4. The van der Waals surface area contributed by atoms with E-state index in [1.165, 1.54) is 13.5 Å². The van der Waals surface area contributed by atoms with Gasteiger partial charge in [-0.3, -0.25) is 9.59 Å². The highest BCUT2D eigenvalue weighted by Gasteiger charge is 2.47. The number of hydrogen-bond acceptors (Lipinski definition) is 7. The number of nitrogens with zero attached hydrogens (tertiary/aromatic N) is 2. The number of ether oxygens (including phenoxy) is 1. The van der Waals surface area contributed by atoms with E-state index >= 15 is 0 Å². The number of carbonyl (C=O) groups excluding carboxylic acids is 3. The van der Waals surface area contributed by atoms with Crippen LogP contribution in [0.25, 0.3) is 11.1 Å². The number of esters is 1. The summed E-state index contributed by atoms with van der Waals surface area (Å²) in [5, 5.41) is 3.03. The minimum Gasteiger partial charge on any atom is -0.462 e. The Morgan fingerprint density at radius 1 is 1.13 bits per heavy atom. The average molecular weight is 543 g/mol. The van der Waals surface area contributed by atoms with Crippen molar-refractivity contribution in [3.05, 3.63) is 24.1 Å². The number of halogens is 1. The van der Waals surface area contributed by atoms with Gasteiger partial charge in [-0.25, -0.2) is 14.2 Å². The number of methoxy groups -OCH3 is 1. The van der Waals surface area contributed by atoms with E-state index in [0.29, 0.717) is 42.1 Å². The molecule has 3 fully saturated rings. The number of fused-ring (bicyclic) bond motifs is 1. The Bertz CT molecular complexity index is 1190. The van der Waals surface area contributed by atoms with Gasteiger partial charge in [-0.2, -0.15) is 0 Å². The summed E-state index contributed by atoms with van der Waals surface area (Å²) in [6, 6.07) is 4.02. The second-order valence-electron chi connectivity index (χ2n) is 11.4. The normalized spacial score (nSPS) is 26.9. The standard InChI is InChI=1S/C29H39FN4O5/c1-38-29(37)27-33-23-15-20(11-12-24(23)39-27)32-26(35)25-21(17-5-3-2-4-6-17)13-14-34(25)28(36)19-9-7-18(8-10-19)22(31)16-30/h11-12,15,17-19,21-22,25H,2-10,13-14,16,31H2,1H3,(H,32,35)/t18?,19?,21-,22+,25-/m0/s1. The number of nitrogens with two attached hydrogens (primary N) is 1. The molecule has 2 amide bonds. The van der Waals surface area contributed by atoms with Crippen molar-refractivity contribution >= 4 is 34.6 Å². The van der Waals surface area contributed by atoms with Gasteiger partial charge in [-0.1, -0.05) is 32.1 Å². The first-order valence-corrected chi connectivity index (χ1v) is 14.3. The molecule has 1 aromatic carbocycles. The molecule has 3 N–H and O–H groups in total. The fraction of sp³-hybridized carbons (Fsp3) is 0.655. The summed E-state index contributed by atoms with van der Waals surface area (Å²) in [6.45, 7) is 0.0394. The topological polar surface area (TPSA) is 128 Å². The van der Waals surface area contributed by atoms with Crippen molar-refractivity contribution in [1.29, 1.82) is 0 Å². The molecule has 3 aliphatic rings. The molecule has 10 heteroatoms. The first kappa shape index (κ1) is 27.6. The molecule has 1 aliphatic heterocycles. The molecule has 1 saturated heterocycles. The van der Waals surface area contributed by atoms with Crippen LogP contribution in [-0.2, 0) is 14.3 Å². The second kappa shape index (κ2) is 12.0. The van der Waals surface area contributed by atoms with Crippen molar-refractivity contribution in [2.24, 2.45) is 29.4 Å². The Morgan fingerprint density at radius 3 is 2.56 bits per heavy atom. The zero-order valence-corrected chi connectivity index (χ0v) is 22.6. The number of amides is 2. The molecule has 1 aromatic heterocycles. The van der Waals surface area contributed by atoms with Gasteiger partial charge in [0, 0.05) is 24.2 Å². The van der Waals surface area contributed by atoms with Crippen LogP contribution in [0.3, 0.4) is 0 Å². The Kier molecular flexibility index (Phi) is 8.49. The number of alkyl halides is 1. The maximum absolute atomic E-state index is 13.9. The van der Waals surface area contributed by atoms with Crippen molar-refractivity contribution in [3.63, 3.8) is 0 Å². The number of aromatic nitrogens is 1. The number of hydrogen-bond donors (Lipinski definition) is 2. The van der Waals surface area contributed by atoms with Crippen molar-refractivity contribution in [3.8, 4) is 0 Å². The molecule has 2 aromatic rings. The lowest BCUT2D eigenvalue weighted by Gasteiger charge is -2.36. The van der Waals surface area contributed by atoms with Crippen molar-refractivity contribution in [2.75, 3.05) is 25.6 Å². The average Bonchev–Trinajstić information content (AvgIpc) is 3.61. The third kappa shape index (κ3) is 5.81. The zero-order chi connectivity index (χ0) is 27.5. The van der Waals surface area contributed by atoms with Crippen LogP contribution in [0, 0.1) is 23.7 Å². The molecule has 2 saturated carbocycles. The van der Waals surface area contributed by atoms with Crippen LogP contribution >= 0.6 is 0 Å². The summed E-state index contributed by atoms with van der Waals surface area (Å²) in [4.78, 5) is 45.4. The van der Waals surface area contributed by atoms with Crippen molar-refractivity contribution in [1.82, 2.24) is 9.88 Å². The van der Waals surface area contributed by atoms with Crippen molar-refractivity contribution in [2.45, 2.75) is 76.3 Å². The third-order valence-electron chi connectivity index (χ3n) is 9.17. The molecular weight excluding hydrogens is 503 g/mol. The molecule has 212 valence electrons. The summed E-state index contributed by atoms with van der Waals surface area (Å²) in [5.41, 5.74) is 7.30. The number of anilines is 1. The van der Waals surface area contributed by atoms with Crippen LogP contribution in [0.5, 0.6) is 0 Å². The summed E-state index contributed by atoms with van der Waals surface area (Å²) in [6.07, 6.45) is 9.38. The van der Waals surface area contributed by atoms with E-state index in [4.69, 9.17) is 10.2 Å². The molecule has 0 radical (unpaired) electrons. The van der Waals surface area contributed by atoms with E-state index in [1.54, 1.807) is 18.2 Å². The lowest BCUT2D eigenvalue weighted by atomic mass is 9.76. The molecular formula is C29H39FN4O5. The van der Waals surface area contributed by atoms with E-state index < -0.39 is 24.7 Å². The molecule has 2 aliphatic carbocycles. The summed E-state index contributed by atoms with van der Waals surface area (Å²) < 4.78 is 23.2. The first-order chi connectivity index (χ1) is 18.9. The number of likely N-dealkylation sites (tertiary alicyclic amines) is 1. The number of benzene rings is 1. The molecule has 9 nitrogen and oxygen atoms in total.